The molecule has 1 rings (SSSR count). The lowest BCUT2D eigenvalue weighted by Gasteiger charge is -2.15. The van der Waals surface area contributed by atoms with Crippen LogP contribution in [0.3, 0.4) is 0 Å². The summed E-state index contributed by atoms with van der Waals surface area (Å²) >= 11 is 1.54. The lowest BCUT2D eigenvalue weighted by Crippen LogP contribution is -2.40. The Morgan fingerprint density at radius 1 is 1.79 bits per heavy atom. The number of aromatic nitrogens is 1. The number of nitrogens with zero attached hydrogens (tertiary/aromatic N) is 1. The van der Waals surface area contributed by atoms with E-state index in [-0.39, 0.29) is 11.9 Å². The molecule has 78 valence electrons. The summed E-state index contributed by atoms with van der Waals surface area (Å²) in [4.78, 5) is 15.5. The number of nitrogens with two attached hydrogens (primary N) is 1. The standard InChI is InChI=1S/C9H15N3OS/c1-3-7(9-11-4-5-14-9)12-8(13)6(2)10/h4-7H,3,10H2,1-2H3,(H,12,13)/t6-,7?/m1/s1. The highest BCUT2D eigenvalue weighted by atomic mass is 32.1. The Kier molecular flexibility index (Phi) is 4.03. The first-order chi connectivity index (χ1) is 6.65. The highest BCUT2D eigenvalue weighted by Gasteiger charge is 2.16. The molecule has 14 heavy (non-hydrogen) atoms. The predicted octanol–water partition coefficient (Wildman–Crippen LogP) is 1.06. The lowest BCUT2D eigenvalue weighted by molar-refractivity contribution is -0.122. The van der Waals surface area contributed by atoms with Crippen LogP contribution < -0.4 is 11.1 Å². The number of rotatable bonds is 4. The molecule has 0 fully saturated rings. The fourth-order valence-corrected chi connectivity index (χ4v) is 1.82. The zero-order valence-electron chi connectivity index (χ0n) is 8.36. The van der Waals surface area contributed by atoms with Gasteiger partial charge in [-0.3, -0.25) is 4.79 Å². The van der Waals surface area contributed by atoms with E-state index in [9.17, 15) is 4.79 Å². The van der Waals surface area contributed by atoms with Gasteiger partial charge in [-0.25, -0.2) is 4.98 Å². The number of amides is 1. The average molecular weight is 213 g/mol. The molecule has 1 aromatic heterocycles. The summed E-state index contributed by atoms with van der Waals surface area (Å²) in [7, 11) is 0. The number of carbonyl (C=O) groups excluding carboxylic acids is 1. The van der Waals surface area contributed by atoms with Crippen LogP contribution in [0.1, 0.15) is 31.3 Å². The van der Waals surface area contributed by atoms with Crippen LogP contribution in [0.4, 0.5) is 0 Å². The van der Waals surface area contributed by atoms with Crippen LogP contribution in [-0.4, -0.2) is 16.9 Å². The Balaban J connectivity index is 2.61. The second kappa shape index (κ2) is 5.07. The van der Waals surface area contributed by atoms with E-state index >= 15 is 0 Å². The minimum atomic E-state index is -0.469. The van der Waals surface area contributed by atoms with E-state index in [1.165, 1.54) is 0 Å². The van der Waals surface area contributed by atoms with E-state index in [1.54, 1.807) is 24.5 Å². The van der Waals surface area contributed by atoms with Crippen molar-refractivity contribution < 1.29 is 4.79 Å². The Hall–Kier alpha value is -0.940. The van der Waals surface area contributed by atoms with Gasteiger partial charge in [0.2, 0.25) is 5.91 Å². The van der Waals surface area contributed by atoms with Gasteiger partial charge < -0.3 is 11.1 Å². The van der Waals surface area contributed by atoms with Crippen molar-refractivity contribution in [2.75, 3.05) is 0 Å². The maximum absolute atomic E-state index is 11.3. The SMILES string of the molecule is CCC(NC(=O)[C@@H](C)N)c1nccs1. The Labute approximate surface area is 87.5 Å². The average Bonchev–Trinajstić information content (AvgIpc) is 2.66. The molecule has 0 radical (unpaired) electrons. The van der Waals surface area contributed by atoms with Gasteiger partial charge in [0.05, 0.1) is 12.1 Å². The number of thiazole rings is 1. The first-order valence-electron chi connectivity index (χ1n) is 4.60. The molecule has 3 N–H and O–H groups in total. The van der Waals surface area contributed by atoms with Gasteiger partial charge in [0.25, 0.3) is 0 Å². The minimum Gasteiger partial charge on any atom is -0.346 e. The summed E-state index contributed by atoms with van der Waals surface area (Å²) in [5.41, 5.74) is 5.46. The molecule has 1 aromatic rings. The largest absolute Gasteiger partial charge is 0.346 e. The van der Waals surface area contributed by atoms with Crippen molar-refractivity contribution in [3.63, 3.8) is 0 Å². The number of hydrogen-bond donors (Lipinski definition) is 2. The van der Waals surface area contributed by atoms with Crippen molar-refractivity contribution in [3.8, 4) is 0 Å². The van der Waals surface area contributed by atoms with Gasteiger partial charge >= 0.3 is 0 Å². The molecular formula is C9H15N3OS. The molecule has 0 aliphatic carbocycles. The summed E-state index contributed by atoms with van der Waals surface area (Å²) in [6.45, 7) is 3.68. The first-order valence-corrected chi connectivity index (χ1v) is 5.48. The van der Waals surface area contributed by atoms with Crippen molar-refractivity contribution in [1.82, 2.24) is 10.3 Å². The van der Waals surface area contributed by atoms with Gasteiger partial charge in [-0.15, -0.1) is 11.3 Å². The van der Waals surface area contributed by atoms with E-state index in [1.807, 2.05) is 12.3 Å². The smallest absolute Gasteiger partial charge is 0.237 e. The van der Waals surface area contributed by atoms with Crippen molar-refractivity contribution in [3.05, 3.63) is 16.6 Å². The summed E-state index contributed by atoms with van der Waals surface area (Å²) in [6, 6.07) is -0.475. The summed E-state index contributed by atoms with van der Waals surface area (Å²) in [5.74, 6) is -0.132. The van der Waals surface area contributed by atoms with E-state index < -0.39 is 6.04 Å². The van der Waals surface area contributed by atoms with Gasteiger partial charge in [-0.2, -0.15) is 0 Å². The highest BCUT2D eigenvalue weighted by Crippen LogP contribution is 2.18. The Morgan fingerprint density at radius 3 is 2.93 bits per heavy atom. The third-order valence-electron chi connectivity index (χ3n) is 1.89. The predicted molar refractivity (Wildman–Crippen MR) is 56.9 cm³/mol. The monoisotopic (exact) mass is 213 g/mol. The molecule has 1 amide bonds. The van der Waals surface area contributed by atoms with Crippen LogP contribution in [0.25, 0.3) is 0 Å². The maximum Gasteiger partial charge on any atom is 0.237 e. The number of nitrogens with one attached hydrogen (secondary N) is 1. The van der Waals surface area contributed by atoms with E-state index in [2.05, 4.69) is 10.3 Å². The summed E-state index contributed by atoms with van der Waals surface area (Å²) in [5, 5.41) is 5.68. The Morgan fingerprint density at radius 2 is 2.50 bits per heavy atom. The van der Waals surface area contributed by atoms with E-state index in [0.29, 0.717) is 0 Å². The molecule has 1 unspecified atom stereocenters. The third kappa shape index (κ3) is 2.78. The van der Waals surface area contributed by atoms with Gasteiger partial charge in [0.1, 0.15) is 5.01 Å². The molecule has 0 bridgehead atoms. The number of carbonyl (C=O) groups is 1. The maximum atomic E-state index is 11.3. The molecule has 2 atom stereocenters. The van der Waals surface area contributed by atoms with Crippen LogP contribution in [0, 0.1) is 0 Å². The van der Waals surface area contributed by atoms with Gasteiger partial charge in [0.15, 0.2) is 0 Å². The first kappa shape index (κ1) is 11.1. The van der Waals surface area contributed by atoms with Gasteiger partial charge in [0, 0.05) is 11.6 Å². The zero-order valence-corrected chi connectivity index (χ0v) is 9.17. The summed E-state index contributed by atoms with van der Waals surface area (Å²) < 4.78 is 0. The molecule has 0 spiro atoms. The molecule has 0 aliphatic rings. The van der Waals surface area contributed by atoms with Crippen molar-refractivity contribution >= 4 is 17.2 Å². The number of hydrogen-bond acceptors (Lipinski definition) is 4. The van der Waals surface area contributed by atoms with Gasteiger partial charge in [-0.05, 0) is 13.3 Å². The third-order valence-corrected chi connectivity index (χ3v) is 2.78. The van der Waals surface area contributed by atoms with Crippen LogP contribution in [-0.2, 0) is 4.79 Å². The van der Waals surface area contributed by atoms with Crippen LogP contribution >= 0.6 is 11.3 Å². The lowest BCUT2D eigenvalue weighted by atomic mass is 10.2. The zero-order chi connectivity index (χ0) is 10.6. The Bertz CT molecular complexity index is 284. The fourth-order valence-electron chi connectivity index (χ4n) is 1.05. The molecule has 1 heterocycles. The van der Waals surface area contributed by atoms with Crippen LogP contribution in [0.5, 0.6) is 0 Å². The molecule has 0 saturated carbocycles. The minimum absolute atomic E-state index is 0.00602. The van der Waals surface area contributed by atoms with E-state index in [0.717, 1.165) is 11.4 Å². The van der Waals surface area contributed by atoms with Gasteiger partial charge in [-0.1, -0.05) is 6.92 Å². The quantitative estimate of drug-likeness (QED) is 0.785. The highest BCUT2D eigenvalue weighted by molar-refractivity contribution is 7.09. The van der Waals surface area contributed by atoms with Crippen LogP contribution in [0.15, 0.2) is 11.6 Å². The van der Waals surface area contributed by atoms with Crippen molar-refractivity contribution in [2.24, 2.45) is 5.73 Å². The molecule has 0 aliphatic heterocycles. The fraction of sp³-hybridized carbons (Fsp3) is 0.556. The van der Waals surface area contributed by atoms with E-state index in [4.69, 9.17) is 5.73 Å². The topological polar surface area (TPSA) is 68.0 Å². The second-order valence-electron chi connectivity index (χ2n) is 3.13. The molecule has 0 saturated heterocycles. The van der Waals surface area contributed by atoms with Crippen molar-refractivity contribution in [1.29, 1.82) is 0 Å². The van der Waals surface area contributed by atoms with Crippen LogP contribution in [0.2, 0.25) is 0 Å². The molecular weight excluding hydrogens is 198 g/mol. The van der Waals surface area contributed by atoms with Crippen molar-refractivity contribution in [2.45, 2.75) is 32.4 Å². The second-order valence-corrected chi connectivity index (χ2v) is 4.05. The molecule has 4 nitrogen and oxygen atoms in total. The summed E-state index contributed by atoms with van der Waals surface area (Å²) in [6.07, 6.45) is 2.56. The molecule has 0 aromatic carbocycles. The molecule has 5 heteroatoms. The normalized spacial score (nSPS) is 14.8.